The van der Waals surface area contributed by atoms with E-state index in [0.717, 1.165) is 6.42 Å². The summed E-state index contributed by atoms with van der Waals surface area (Å²) < 4.78 is 0. The number of rotatable bonds is 1. The number of hydrogen-bond acceptors (Lipinski definition) is 3. The molecule has 1 atom stereocenters. The Kier molecular flexibility index (Phi) is 1.15. The van der Waals surface area contributed by atoms with Gasteiger partial charge < -0.3 is 10.2 Å². The molecule has 1 heterocycles. The van der Waals surface area contributed by atoms with Crippen molar-refractivity contribution in [3.63, 3.8) is 0 Å². The normalized spacial score (nSPS) is 26.7. The van der Waals surface area contributed by atoms with Gasteiger partial charge in [-0.05, 0) is 0 Å². The SMILES string of the molecule is CCC1N[C]=NO1. The predicted molar refractivity (Wildman–Crippen MR) is 25.7 cm³/mol. The Morgan fingerprint density at radius 3 is 3.14 bits per heavy atom. The van der Waals surface area contributed by atoms with Gasteiger partial charge in [-0.3, -0.25) is 0 Å². The Hall–Kier alpha value is -0.730. The Morgan fingerprint density at radius 1 is 2.00 bits per heavy atom. The van der Waals surface area contributed by atoms with Crippen LogP contribution in [0.5, 0.6) is 0 Å². The van der Waals surface area contributed by atoms with Crippen molar-refractivity contribution in [3.05, 3.63) is 0 Å². The molecule has 1 aliphatic rings. The lowest BCUT2D eigenvalue weighted by Crippen LogP contribution is -2.21. The van der Waals surface area contributed by atoms with Gasteiger partial charge in [0.2, 0.25) is 6.34 Å². The van der Waals surface area contributed by atoms with E-state index in [-0.39, 0.29) is 6.23 Å². The van der Waals surface area contributed by atoms with Gasteiger partial charge in [-0.15, -0.1) is 0 Å². The first-order valence-electron chi connectivity index (χ1n) is 2.30. The van der Waals surface area contributed by atoms with Crippen LogP contribution in [0.1, 0.15) is 13.3 Å². The fraction of sp³-hybridized carbons (Fsp3) is 0.750. The molecule has 0 aliphatic carbocycles. The van der Waals surface area contributed by atoms with Crippen LogP contribution < -0.4 is 5.32 Å². The van der Waals surface area contributed by atoms with E-state index >= 15 is 0 Å². The topological polar surface area (TPSA) is 33.6 Å². The van der Waals surface area contributed by atoms with Crippen LogP contribution >= 0.6 is 0 Å². The Balaban J connectivity index is 2.22. The van der Waals surface area contributed by atoms with Gasteiger partial charge in [0.15, 0.2) is 6.23 Å². The molecule has 3 nitrogen and oxygen atoms in total. The van der Waals surface area contributed by atoms with Gasteiger partial charge in [0.05, 0.1) is 0 Å². The van der Waals surface area contributed by atoms with Crippen LogP contribution in [0.2, 0.25) is 0 Å². The van der Waals surface area contributed by atoms with Gasteiger partial charge in [-0.1, -0.05) is 12.1 Å². The minimum atomic E-state index is 0.0694. The monoisotopic (exact) mass is 99.1 g/mol. The summed E-state index contributed by atoms with van der Waals surface area (Å²) in [5, 5.41) is 6.14. The molecule has 0 saturated heterocycles. The summed E-state index contributed by atoms with van der Waals surface area (Å²) in [6.45, 7) is 2.01. The van der Waals surface area contributed by atoms with Crippen molar-refractivity contribution >= 4 is 6.34 Å². The van der Waals surface area contributed by atoms with Crippen molar-refractivity contribution in [2.24, 2.45) is 5.16 Å². The first kappa shape index (κ1) is 4.43. The fourth-order valence-electron chi connectivity index (χ4n) is 0.391. The van der Waals surface area contributed by atoms with Gasteiger partial charge in [0.1, 0.15) is 0 Å². The molecule has 3 heteroatoms. The molecule has 0 amide bonds. The Labute approximate surface area is 42.3 Å². The summed E-state index contributed by atoms with van der Waals surface area (Å²) in [5.74, 6) is 0. The summed E-state index contributed by atoms with van der Waals surface area (Å²) in [4.78, 5) is 4.70. The third kappa shape index (κ3) is 0.824. The Morgan fingerprint density at radius 2 is 2.86 bits per heavy atom. The molecule has 1 unspecified atom stereocenters. The quantitative estimate of drug-likeness (QED) is 0.508. The number of hydrogen-bond donors (Lipinski definition) is 1. The largest absolute Gasteiger partial charge is 0.369 e. The molecule has 39 valence electrons. The number of nitrogens with one attached hydrogen (secondary N) is 1. The summed E-state index contributed by atoms with van der Waals surface area (Å²) in [5.41, 5.74) is 0. The molecule has 0 aromatic rings. The van der Waals surface area contributed by atoms with Crippen LogP contribution in [-0.4, -0.2) is 12.6 Å². The second kappa shape index (κ2) is 1.82. The minimum Gasteiger partial charge on any atom is -0.369 e. The lowest BCUT2D eigenvalue weighted by atomic mass is 10.4. The maximum Gasteiger partial charge on any atom is 0.214 e. The molecule has 1 rings (SSSR count). The molecular weight excluding hydrogens is 92.1 g/mol. The second-order valence-corrected chi connectivity index (χ2v) is 1.35. The van der Waals surface area contributed by atoms with Crippen molar-refractivity contribution < 1.29 is 4.84 Å². The first-order chi connectivity index (χ1) is 3.43. The van der Waals surface area contributed by atoms with Gasteiger partial charge >= 0.3 is 0 Å². The zero-order chi connectivity index (χ0) is 5.11. The molecule has 0 bridgehead atoms. The van der Waals surface area contributed by atoms with Crippen LogP contribution in [0.25, 0.3) is 0 Å². The average Bonchev–Trinajstić information content (AvgIpc) is 2.14. The van der Waals surface area contributed by atoms with Crippen LogP contribution in [0.15, 0.2) is 5.16 Å². The van der Waals surface area contributed by atoms with Crippen molar-refractivity contribution in [3.8, 4) is 0 Å². The zero-order valence-electron chi connectivity index (χ0n) is 4.14. The highest BCUT2D eigenvalue weighted by atomic mass is 16.7. The lowest BCUT2D eigenvalue weighted by Gasteiger charge is -2.01. The lowest BCUT2D eigenvalue weighted by molar-refractivity contribution is 0.0704. The number of nitrogens with zero attached hydrogens (tertiary/aromatic N) is 1. The van der Waals surface area contributed by atoms with E-state index in [1.807, 2.05) is 6.92 Å². The zero-order valence-corrected chi connectivity index (χ0v) is 4.14. The minimum absolute atomic E-state index is 0.0694. The predicted octanol–water partition coefficient (Wildman–Crippen LogP) is 0.163. The van der Waals surface area contributed by atoms with E-state index in [4.69, 9.17) is 4.84 Å². The molecule has 0 aromatic carbocycles. The molecule has 1 aliphatic heterocycles. The van der Waals surface area contributed by atoms with E-state index in [9.17, 15) is 0 Å². The molecular formula is C4H7N2O. The summed E-state index contributed by atoms with van der Waals surface area (Å²) in [6.07, 6.45) is 3.47. The molecule has 1 N–H and O–H groups in total. The van der Waals surface area contributed by atoms with Crippen molar-refractivity contribution in [2.75, 3.05) is 0 Å². The first-order valence-corrected chi connectivity index (χ1v) is 2.30. The van der Waals surface area contributed by atoms with Crippen LogP contribution in [0.4, 0.5) is 0 Å². The van der Waals surface area contributed by atoms with Crippen molar-refractivity contribution in [2.45, 2.75) is 19.6 Å². The summed E-state index contributed by atoms with van der Waals surface area (Å²) in [7, 11) is 0. The standard InChI is InChI=1S/C4H7N2O/c1-2-4-5-3-6-7-4/h4H,2H2,1H3,(H,5,6). The average molecular weight is 99.1 g/mol. The fourth-order valence-corrected chi connectivity index (χ4v) is 0.391. The summed E-state index contributed by atoms with van der Waals surface area (Å²) >= 11 is 0. The van der Waals surface area contributed by atoms with E-state index < -0.39 is 0 Å². The van der Waals surface area contributed by atoms with Crippen molar-refractivity contribution in [1.29, 1.82) is 0 Å². The molecule has 0 saturated carbocycles. The van der Waals surface area contributed by atoms with Gasteiger partial charge in [-0.25, -0.2) is 0 Å². The van der Waals surface area contributed by atoms with Gasteiger partial charge in [-0.2, -0.15) is 0 Å². The van der Waals surface area contributed by atoms with Crippen LogP contribution in [-0.2, 0) is 4.84 Å². The maximum atomic E-state index is 4.70. The smallest absolute Gasteiger partial charge is 0.214 e. The third-order valence-corrected chi connectivity index (χ3v) is 0.822. The third-order valence-electron chi connectivity index (χ3n) is 0.822. The van der Waals surface area contributed by atoms with Crippen LogP contribution in [0, 0.1) is 0 Å². The molecule has 7 heavy (non-hydrogen) atoms. The van der Waals surface area contributed by atoms with E-state index in [0.29, 0.717) is 0 Å². The maximum absolute atomic E-state index is 4.70. The van der Waals surface area contributed by atoms with E-state index in [1.54, 1.807) is 0 Å². The molecule has 1 radical (unpaired) electrons. The molecule has 0 fully saturated rings. The molecule has 0 spiro atoms. The Bertz CT molecular complexity index is 73.8. The summed E-state index contributed by atoms with van der Waals surface area (Å²) in [6, 6.07) is 0. The highest BCUT2D eigenvalue weighted by Crippen LogP contribution is 1.95. The van der Waals surface area contributed by atoms with E-state index in [2.05, 4.69) is 16.8 Å². The van der Waals surface area contributed by atoms with Crippen LogP contribution in [0.3, 0.4) is 0 Å². The van der Waals surface area contributed by atoms with E-state index in [1.165, 1.54) is 0 Å². The highest BCUT2D eigenvalue weighted by molar-refractivity contribution is 5.54. The second-order valence-electron chi connectivity index (χ2n) is 1.35. The van der Waals surface area contributed by atoms with Gasteiger partial charge in [0, 0.05) is 6.42 Å². The van der Waals surface area contributed by atoms with Gasteiger partial charge in [0.25, 0.3) is 0 Å². The highest BCUT2D eigenvalue weighted by Gasteiger charge is 2.06. The van der Waals surface area contributed by atoms with Crippen molar-refractivity contribution in [1.82, 2.24) is 5.32 Å². The molecule has 0 aromatic heterocycles.